The molecule has 236 valence electrons. The van der Waals surface area contributed by atoms with Gasteiger partial charge in [-0.2, -0.15) is 13.2 Å². The number of amides is 1. The summed E-state index contributed by atoms with van der Waals surface area (Å²) in [5.74, 6) is 1.51. The molecule has 0 aliphatic carbocycles. The molecule has 0 saturated carbocycles. The lowest BCUT2D eigenvalue weighted by Gasteiger charge is -2.21. The molecule has 4 rings (SSSR count). The number of carbonyl (C=O) groups is 2. The van der Waals surface area contributed by atoms with Crippen LogP contribution in [0, 0.1) is 6.92 Å². The van der Waals surface area contributed by atoms with E-state index in [1.165, 1.54) is 6.08 Å². The Morgan fingerprint density at radius 3 is 2.33 bits per heavy atom. The summed E-state index contributed by atoms with van der Waals surface area (Å²) in [4.78, 5) is 29.2. The first kappa shape index (κ1) is 33.0. The molecular weight excluding hydrogens is 583 g/mol. The Kier molecular flexibility index (Phi) is 11.2. The van der Waals surface area contributed by atoms with Gasteiger partial charge in [0.15, 0.2) is 5.78 Å². The summed E-state index contributed by atoms with van der Waals surface area (Å²) in [6.07, 6.45) is -1.68. The maximum absolute atomic E-state index is 12.9. The molecule has 1 atom stereocenters. The molecule has 10 heteroatoms. The standard InChI is InChI=1S/C35H36F3N3O4/c1-4-33(43)39-22-29(40-23(2)20-32(42)26-12-14-28(15-13-26)35(36,37)38)21-25-10-16-30(17-11-25)44-19-18-31-24(3)45-34(41-31)27-8-6-5-7-9-27/h5-17,20,29,40H,4,18-19,21-22H2,1-3H3,(H,39,43)/b23-20-. The van der Waals surface area contributed by atoms with Gasteiger partial charge in [-0.3, -0.25) is 9.59 Å². The van der Waals surface area contributed by atoms with Crippen molar-refractivity contribution in [3.05, 3.63) is 119 Å². The third kappa shape index (κ3) is 9.82. The van der Waals surface area contributed by atoms with Crippen molar-refractivity contribution in [2.45, 2.75) is 52.3 Å². The third-order valence-corrected chi connectivity index (χ3v) is 7.07. The summed E-state index contributed by atoms with van der Waals surface area (Å²) in [5.41, 5.74) is 2.59. The van der Waals surface area contributed by atoms with E-state index in [9.17, 15) is 22.8 Å². The fourth-order valence-electron chi connectivity index (χ4n) is 4.64. The number of ether oxygens (including phenoxy) is 1. The second-order valence-electron chi connectivity index (χ2n) is 10.6. The summed E-state index contributed by atoms with van der Waals surface area (Å²) in [5, 5.41) is 6.14. The van der Waals surface area contributed by atoms with Crippen molar-refractivity contribution in [2.75, 3.05) is 13.2 Å². The molecule has 0 bridgehead atoms. The number of halogens is 3. The van der Waals surface area contributed by atoms with Gasteiger partial charge in [0, 0.05) is 48.3 Å². The van der Waals surface area contributed by atoms with Gasteiger partial charge < -0.3 is 19.8 Å². The van der Waals surface area contributed by atoms with Gasteiger partial charge in [0.25, 0.3) is 0 Å². The van der Waals surface area contributed by atoms with Crippen LogP contribution in [0.2, 0.25) is 0 Å². The highest BCUT2D eigenvalue weighted by atomic mass is 19.4. The molecule has 1 aromatic heterocycles. The predicted molar refractivity (Wildman–Crippen MR) is 166 cm³/mol. The SMILES string of the molecule is CCC(=O)NCC(Cc1ccc(OCCc2nc(-c3ccccc3)oc2C)cc1)N/C(C)=C\C(=O)c1ccc(C(F)(F)F)cc1. The first-order valence-corrected chi connectivity index (χ1v) is 14.7. The van der Waals surface area contributed by atoms with Crippen LogP contribution in [-0.4, -0.2) is 35.9 Å². The number of nitrogens with one attached hydrogen (secondary N) is 2. The summed E-state index contributed by atoms with van der Waals surface area (Å²) in [7, 11) is 0. The fourth-order valence-corrected chi connectivity index (χ4v) is 4.64. The summed E-state index contributed by atoms with van der Waals surface area (Å²) in [6, 6.07) is 21.2. The Morgan fingerprint density at radius 1 is 1.00 bits per heavy atom. The number of hydrogen-bond donors (Lipinski definition) is 2. The minimum atomic E-state index is -4.47. The van der Waals surface area contributed by atoms with Gasteiger partial charge in [-0.1, -0.05) is 49.4 Å². The number of aryl methyl sites for hydroxylation is 1. The van der Waals surface area contributed by atoms with Gasteiger partial charge in [-0.15, -0.1) is 0 Å². The van der Waals surface area contributed by atoms with E-state index < -0.39 is 17.5 Å². The van der Waals surface area contributed by atoms with Gasteiger partial charge in [-0.05, 0) is 62.2 Å². The quantitative estimate of drug-likeness (QED) is 0.116. The molecule has 0 saturated heterocycles. The second-order valence-corrected chi connectivity index (χ2v) is 10.6. The Labute approximate surface area is 260 Å². The van der Waals surface area contributed by atoms with Crippen molar-refractivity contribution in [1.29, 1.82) is 0 Å². The van der Waals surface area contributed by atoms with Crippen LogP contribution in [-0.2, 0) is 23.8 Å². The predicted octanol–water partition coefficient (Wildman–Crippen LogP) is 7.10. The maximum Gasteiger partial charge on any atom is 0.416 e. The van der Waals surface area contributed by atoms with E-state index in [1.807, 2.05) is 61.5 Å². The van der Waals surface area contributed by atoms with Gasteiger partial charge in [0.2, 0.25) is 11.8 Å². The number of alkyl halides is 3. The molecular formula is C35H36F3N3O4. The smallest absolute Gasteiger partial charge is 0.416 e. The van der Waals surface area contributed by atoms with Crippen molar-refractivity contribution in [3.63, 3.8) is 0 Å². The molecule has 0 aliphatic rings. The van der Waals surface area contributed by atoms with Crippen LogP contribution in [0.1, 0.15) is 53.2 Å². The topological polar surface area (TPSA) is 93.5 Å². The second kappa shape index (κ2) is 15.2. The van der Waals surface area contributed by atoms with Gasteiger partial charge in [0.05, 0.1) is 17.9 Å². The summed E-state index contributed by atoms with van der Waals surface area (Å²) in [6.45, 7) is 6.08. The number of rotatable bonds is 14. The fraction of sp³-hybridized carbons (Fsp3) is 0.286. The molecule has 0 radical (unpaired) electrons. The molecule has 7 nitrogen and oxygen atoms in total. The zero-order chi connectivity index (χ0) is 32.4. The van der Waals surface area contributed by atoms with Crippen LogP contribution in [0.15, 0.2) is 95.1 Å². The average Bonchev–Trinajstić information content (AvgIpc) is 3.40. The number of benzene rings is 3. The Balaban J connectivity index is 1.34. The van der Waals surface area contributed by atoms with Gasteiger partial charge in [-0.25, -0.2) is 4.98 Å². The van der Waals surface area contributed by atoms with E-state index in [4.69, 9.17) is 9.15 Å². The first-order chi connectivity index (χ1) is 21.5. The molecule has 1 unspecified atom stereocenters. The molecule has 0 spiro atoms. The lowest BCUT2D eigenvalue weighted by molar-refractivity contribution is -0.137. The number of allylic oxidation sites excluding steroid dienone is 2. The van der Waals surface area contributed by atoms with E-state index in [2.05, 4.69) is 15.6 Å². The zero-order valence-electron chi connectivity index (χ0n) is 25.4. The number of carbonyl (C=O) groups excluding carboxylic acids is 2. The van der Waals surface area contributed by atoms with Crippen molar-refractivity contribution < 1.29 is 31.9 Å². The lowest BCUT2D eigenvalue weighted by Crippen LogP contribution is -2.41. The van der Waals surface area contributed by atoms with Gasteiger partial charge in [0.1, 0.15) is 11.5 Å². The largest absolute Gasteiger partial charge is 0.493 e. The lowest BCUT2D eigenvalue weighted by atomic mass is 10.0. The van der Waals surface area contributed by atoms with Crippen molar-refractivity contribution >= 4 is 11.7 Å². The normalized spacial score (nSPS) is 12.4. The summed E-state index contributed by atoms with van der Waals surface area (Å²) >= 11 is 0. The highest BCUT2D eigenvalue weighted by Gasteiger charge is 2.30. The first-order valence-electron chi connectivity index (χ1n) is 14.7. The van der Waals surface area contributed by atoms with E-state index >= 15 is 0 Å². The molecule has 3 aromatic carbocycles. The average molecular weight is 620 g/mol. The summed E-state index contributed by atoms with van der Waals surface area (Å²) < 4.78 is 50.4. The highest BCUT2D eigenvalue weighted by Crippen LogP contribution is 2.29. The minimum Gasteiger partial charge on any atom is -0.493 e. The van der Waals surface area contributed by atoms with E-state index in [0.717, 1.165) is 46.8 Å². The third-order valence-electron chi connectivity index (χ3n) is 7.07. The van der Waals surface area contributed by atoms with Crippen LogP contribution < -0.4 is 15.4 Å². The Morgan fingerprint density at radius 2 is 1.69 bits per heavy atom. The van der Waals surface area contributed by atoms with Crippen LogP contribution in [0.4, 0.5) is 13.2 Å². The number of nitrogens with zero attached hydrogens (tertiary/aromatic N) is 1. The molecule has 1 amide bonds. The van der Waals surface area contributed by atoms with Crippen molar-refractivity contribution in [2.24, 2.45) is 0 Å². The number of aromatic nitrogens is 1. The minimum absolute atomic E-state index is 0.105. The molecule has 0 fully saturated rings. The molecule has 0 aliphatic heterocycles. The van der Waals surface area contributed by atoms with Crippen LogP contribution >= 0.6 is 0 Å². The number of hydrogen-bond acceptors (Lipinski definition) is 6. The van der Waals surface area contributed by atoms with Crippen LogP contribution in [0.5, 0.6) is 5.75 Å². The number of oxazole rings is 1. The Hall–Kier alpha value is -4.86. The number of ketones is 1. The maximum atomic E-state index is 12.9. The van der Waals surface area contributed by atoms with E-state index in [-0.39, 0.29) is 17.5 Å². The van der Waals surface area contributed by atoms with Crippen LogP contribution in [0.3, 0.4) is 0 Å². The van der Waals surface area contributed by atoms with Crippen molar-refractivity contribution in [1.82, 2.24) is 15.6 Å². The van der Waals surface area contributed by atoms with E-state index in [1.54, 1.807) is 13.8 Å². The Bertz CT molecular complexity index is 1600. The van der Waals surface area contributed by atoms with Gasteiger partial charge >= 0.3 is 6.18 Å². The monoisotopic (exact) mass is 619 g/mol. The molecule has 4 aromatic rings. The highest BCUT2D eigenvalue weighted by molar-refractivity contribution is 6.04. The van der Waals surface area contributed by atoms with Crippen molar-refractivity contribution in [3.8, 4) is 17.2 Å². The molecule has 1 heterocycles. The zero-order valence-corrected chi connectivity index (χ0v) is 25.4. The molecule has 2 N–H and O–H groups in total. The van der Waals surface area contributed by atoms with E-state index in [0.29, 0.717) is 49.8 Å². The van der Waals surface area contributed by atoms with Crippen LogP contribution in [0.25, 0.3) is 11.5 Å². The molecule has 45 heavy (non-hydrogen) atoms.